The number of nitrogens with zero attached hydrogens (tertiary/aromatic N) is 2. The van der Waals surface area contributed by atoms with E-state index in [4.69, 9.17) is 0 Å². The molecule has 0 unspecified atom stereocenters. The molecule has 0 fully saturated rings. The van der Waals surface area contributed by atoms with Gasteiger partial charge in [-0.1, -0.05) is 133 Å². The number of aromatic nitrogens is 2. The Morgan fingerprint density at radius 2 is 0.875 bits per heavy atom. The van der Waals surface area contributed by atoms with E-state index >= 15 is 0 Å². The van der Waals surface area contributed by atoms with Gasteiger partial charge in [0.05, 0.1) is 27.6 Å². The van der Waals surface area contributed by atoms with E-state index in [0.29, 0.717) is 0 Å². The summed E-state index contributed by atoms with van der Waals surface area (Å²) >= 11 is 0. The molecule has 222 valence electrons. The molecule has 0 aliphatic carbocycles. The molecule has 2 heteroatoms. The zero-order valence-electron chi connectivity index (χ0n) is 26.1. The fraction of sp³-hybridized carbons (Fsp3) is 0. The maximum absolute atomic E-state index is 2.53. The zero-order chi connectivity index (χ0) is 31.3. The Bertz CT molecular complexity index is 2980. The van der Waals surface area contributed by atoms with Gasteiger partial charge in [0.1, 0.15) is 0 Å². The monoisotopic (exact) mass is 608 g/mol. The lowest BCUT2D eigenvalue weighted by atomic mass is 9.97. The normalized spacial score (nSPS) is 12.2. The Balaban J connectivity index is 1.35. The highest BCUT2D eigenvalue weighted by molar-refractivity contribution is 6.34. The van der Waals surface area contributed by atoms with Crippen molar-refractivity contribution in [3.8, 4) is 27.9 Å². The first-order chi connectivity index (χ1) is 23.8. The van der Waals surface area contributed by atoms with Crippen LogP contribution in [-0.4, -0.2) is 8.97 Å². The van der Waals surface area contributed by atoms with Gasteiger partial charge in [0.25, 0.3) is 0 Å². The quantitative estimate of drug-likeness (QED) is 0.189. The summed E-state index contributed by atoms with van der Waals surface area (Å²) in [5, 5.41) is 10.3. The van der Waals surface area contributed by atoms with Gasteiger partial charge >= 0.3 is 0 Å². The molecule has 0 atom stereocenters. The van der Waals surface area contributed by atoms with E-state index in [1.54, 1.807) is 0 Å². The average molecular weight is 609 g/mol. The highest BCUT2D eigenvalue weighted by Gasteiger charge is 2.22. The minimum Gasteiger partial charge on any atom is -0.309 e. The summed E-state index contributed by atoms with van der Waals surface area (Å²) in [4.78, 5) is 0. The van der Waals surface area contributed by atoms with Crippen LogP contribution in [0.25, 0.3) is 98.6 Å². The summed E-state index contributed by atoms with van der Waals surface area (Å²) in [6.07, 6.45) is 0. The van der Waals surface area contributed by atoms with Gasteiger partial charge in [0, 0.05) is 43.4 Å². The molecule has 0 spiro atoms. The first-order valence-electron chi connectivity index (χ1n) is 16.6. The molecule has 0 amide bonds. The van der Waals surface area contributed by atoms with Gasteiger partial charge in [-0.15, -0.1) is 0 Å². The Hall–Kier alpha value is -6.38. The number of hydrogen-bond acceptors (Lipinski definition) is 0. The summed E-state index contributed by atoms with van der Waals surface area (Å²) in [7, 11) is 0. The summed E-state index contributed by atoms with van der Waals surface area (Å²) in [5.74, 6) is 0. The van der Waals surface area contributed by atoms with Crippen LogP contribution in [0.4, 0.5) is 0 Å². The van der Waals surface area contributed by atoms with Crippen molar-refractivity contribution in [2.24, 2.45) is 0 Å². The topological polar surface area (TPSA) is 9.34 Å². The first-order valence-corrected chi connectivity index (χ1v) is 16.6. The third kappa shape index (κ3) is 3.41. The maximum Gasteiger partial charge on any atom is 0.0626 e. The number of para-hydroxylation sites is 3. The van der Waals surface area contributed by atoms with Crippen molar-refractivity contribution in [3.05, 3.63) is 170 Å². The Kier molecular flexibility index (Phi) is 5.14. The lowest BCUT2D eigenvalue weighted by molar-refractivity contribution is 1.19. The Labute approximate surface area is 276 Å². The summed E-state index contributed by atoms with van der Waals surface area (Å²) in [6, 6.07) is 62.4. The van der Waals surface area contributed by atoms with E-state index in [2.05, 4.69) is 179 Å². The Morgan fingerprint density at radius 3 is 1.60 bits per heavy atom. The van der Waals surface area contributed by atoms with Gasteiger partial charge in [0.2, 0.25) is 0 Å². The van der Waals surface area contributed by atoms with Crippen molar-refractivity contribution in [2.75, 3.05) is 0 Å². The molecule has 11 rings (SSSR count). The molecule has 48 heavy (non-hydrogen) atoms. The SMILES string of the molecule is c1ccc(-c2cc(-c3ccccc3)cc(-n3c4ccccc4c4ccc5ccc6c(c7cccc8c9ccccc9n6c87)c5c43)c2)cc1. The lowest BCUT2D eigenvalue weighted by Crippen LogP contribution is -1.97. The molecule has 0 aliphatic rings. The van der Waals surface area contributed by atoms with Crippen LogP contribution in [0.5, 0.6) is 0 Å². The summed E-state index contributed by atoms with van der Waals surface area (Å²) < 4.78 is 5.02. The standard InChI is InChI=1S/C46H28N2/c1-3-12-29(13-4-1)32-26-33(30-14-5-2-6-15-30)28-34(27-32)47-40-20-9-7-17-36(40)38-24-22-31-23-25-42-44(43(31)46(38)47)39-19-11-18-37-35-16-8-10-21-41(35)48(42)45(37)39/h1-28H. The maximum atomic E-state index is 2.53. The molecule has 11 aromatic rings. The minimum atomic E-state index is 1.16. The van der Waals surface area contributed by atoms with Gasteiger partial charge in [-0.3, -0.25) is 0 Å². The van der Waals surface area contributed by atoms with Crippen LogP contribution in [0.2, 0.25) is 0 Å². The molecule has 0 saturated carbocycles. The molecule has 0 saturated heterocycles. The minimum absolute atomic E-state index is 1.16. The highest BCUT2D eigenvalue weighted by Crippen LogP contribution is 2.46. The number of rotatable bonds is 3. The third-order valence-corrected chi connectivity index (χ3v) is 10.4. The summed E-state index contributed by atoms with van der Waals surface area (Å²) in [5.41, 5.74) is 12.3. The number of benzene rings is 8. The smallest absolute Gasteiger partial charge is 0.0626 e. The fourth-order valence-electron chi connectivity index (χ4n) is 8.39. The molecular formula is C46H28N2. The molecule has 8 aromatic carbocycles. The van der Waals surface area contributed by atoms with E-state index < -0.39 is 0 Å². The van der Waals surface area contributed by atoms with Gasteiger partial charge < -0.3 is 8.97 Å². The predicted octanol–water partition coefficient (Wildman–Crippen LogP) is 12.4. The molecular weight excluding hydrogens is 581 g/mol. The van der Waals surface area contributed by atoms with Crippen LogP contribution in [0.15, 0.2) is 170 Å². The van der Waals surface area contributed by atoms with E-state index in [9.17, 15) is 0 Å². The highest BCUT2D eigenvalue weighted by atomic mass is 15.0. The van der Waals surface area contributed by atoms with Gasteiger partial charge in [-0.05, 0) is 64.0 Å². The molecule has 0 radical (unpaired) electrons. The first kappa shape index (κ1) is 25.8. The summed E-state index contributed by atoms with van der Waals surface area (Å²) in [6.45, 7) is 0. The largest absolute Gasteiger partial charge is 0.309 e. The van der Waals surface area contributed by atoms with E-state index in [0.717, 1.165) is 5.69 Å². The van der Waals surface area contributed by atoms with E-state index in [1.807, 2.05) is 0 Å². The van der Waals surface area contributed by atoms with Crippen molar-refractivity contribution < 1.29 is 0 Å². The second-order valence-electron chi connectivity index (χ2n) is 12.9. The van der Waals surface area contributed by atoms with Crippen LogP contribution in [0.3, 0.4) is 0 Å². The van der Waals surface area contributed by atoms with Crippen molar-refractivity contribution in [1.82, 2.24) is 8.97 Å². The molecule has 2 nitrogen and oxygen atoms in total. The molecule has 3 aromatic heterocycles. The lowest BCUT2D eigenvalue weighted by Gasteiger charge is -2.15. The molecule has 3 heterocycles. The number of fused-ring (bicyclic) bond motifs is 12. The van der Waals surface area contributed by atoms with Crippen molar-refractivity contribution >= 4 is 70.7 Å². The molecule has 0 aliphatic heterocycles. The molecule has 0 N–H and O–H groups in total. The van der Waals surface area contributed by atoms with Crippen LogP contribution in [0.1, 0.15) is 0 Å². The van der Waals surface area contributed by atoms with E-state index in [-0.39, 0.29) is 0 Å². The van der Waals surface area contributed by atoms with E-state index in [1.165, 1.54) is 92.9 Å². The molecule has 0 bridgehead atoms. The average Bonchev–Trinajstić information content (AvgIpc) is 3.81. The van der Waals surface area contributed by atoms with Crippen LogP contribution >= 0.6 is 0 Å². The van der Waals surface area contributed by atoms with Crippen LogP contribution in [-0.2, 0) is 0 Å². The van der Waals surface area contributed by atoms with Crippen molar-refractivity contribution in [3.63, 3.8) is 0 Å². The van der Waals surface area contributed by atoms with Crippen molar-refractivity contribution in [2.45, 2.75) is 0 Å². The predicted molar refractivity (Wildman–Crippen MR) is 204 cm³/mol. The zero-order valence-corrected chi connectivity index (χ0v) is 26.1. The van der Waals surface area contributed by atoms with Gasteiger partial charge in [0.15, 0.2) is 0 Å². The second-order valence-corrected chi connectivity index (χ2v) is 12.9. The number of hydrogen-bond donors (Lipinski definition) is 0. The van der Waals surface area contributed by atoms with Gasteiger partial charge in [-0.25, -0.2) is 0 Å². The van der Waals surface area contributed by atoms with Crippen LogP contribution in [0, 0.1) is 0 Å². The van der Waals surface area contributed by atoms with Crippen LogP contribution < -0.4 is 0 Å². The van der Waals surface area contributed by atoms with Gasteiger partial charge in [-0.2, -0.15) is 0 Å². The second kappa shape index (κ2) is 9.57. The van der Waals surface area contributed by atoms with Crippen molar-refractivity contribution in [1.29, 1.82) is 0 Å². The third-order valence-electron chi connectivity index (χ3n) is 10.4. The fourth-order valence-corrected chi connectivity index (χ4v) is 8.39. The Morgan fingerprint density at radius 1 is 0.312 bits per heavy atom.